The van der Waals surface area contributed by atoms with Gasteiger partial charge in [-0.15, -0.1) is 12.6 Å². The van der Waals surface area contributed by atoms with Crippen LogP contribution in [0.2, 0.25) is 0 Å². The summed E-state index contributed by atoms with van der Waals surface area (Å²) in [6, 6.07) is 15.1. The van der Waals surface area contributed by atoms with E-state index in [1.165, 1.54) is 0 Å². The number of rotatable bonds is 5. The van der Waals surface area contributed by atoms with Gasteiger partial charge in [-0.25, -0.2) is 0 Å². The quantitative estimate of drug-likeness (QED) is 0.433. The smallest absolute Gasteiger partial charge is 0.138 e. The lowest BCUT2D eigenvalue weighted by molar-refractivity contribution is 0.415. The first kappa shape index (κ1) is 22.3. The fourth-order valence-corrected chi connectivity index (χ4v) is 2.42. The molecule has 0 aliphatic carbocycles. The highest BCUT2D eigenvalue weighted by molar-refractivity contribution is 7.80. The van der Waals surface area contributed by atoms with Crippen molar-refractivity contribution in [1.29, 1.82) is 0 Å². The zero-order chi connectivity index (χ0) is 21.2. The highest BCUT2D eigenvalue weighted by Gasteiger charge is 2.05. The van der Waals surface area contributed by atoms with Gasteiger partial charge in [0.2, 0.25) is 0 Å². The van der Waals surface area contributed by atoms with E-state index >= 15 is 0 Å². The van der Waals surface area contributed by atoms with E-state index < -0.39 is 0 Å². The molecule has 0 bridgehead atoms. The molecule has 1 atom stereocenters. The number of pyridine rings is 1. The minimum absolute atomic E-state index is 0.0806. The van der Waals surface area contributed by atoms with Crippen LogP contribution in [0.25, 0.3) is 10.9 Å². The van der Waals surface area contributed by atoms with Gasteiger partial charge < -0.3 is 20.9 Å². The molecule has 0 amide bonds. The van der Waals surface area contributed by atoms with Crippen molar-refractivity contribution in [3.63, 3.8) is 0 Å². The molecular weight excluding hydrogens is 384 g/mol. The summed E-state index contributed by atoms with van der Waals surface area (Å²) in [7, 11) is 3.32. The summed E-state index contributed by atoms with van der Waals surface area (Å²) in [5.41, 5.74) is 12.4. The van der Waals surface area contributed by atoms with Crippen LogP contribution in [0.1, 0.15) is 6.92 Å². The Labute approximate surface area is 176 Å². The Kier molecular flexibility index (Phi) is 8.51. The highest BCUT2D eigenvalue weighted by atomic mass is 32.1. The maximum absolute atomic E-state index is 5.91. The standard InChI is InChI=1S/C16H13NO2S.C6H13N3/c1-18-12-4-7-14-15(10-12)17-9-8-16(14)19-11-2-5-13(20)6-3-11;1-5(7)6(8)3-4-9-2/h2-10,20H,1H3;3-5H,7-8H2,1-2H3/b;6-3-,9-4?. The molecule has 2 aromatic carbocycles. The lowest BCUT2D eigenvalue weighted by atomic mass is 10.2. The fraction of sp³-hybridized carbons (Fsp3) is 0.182. The van der Waals surface area contributed by atoms with Crippen molar-refractivity contribution in [2.75, 3.05) is 14.2 Å². The lowest BCUT2D eigenvalue weighted by Crippen LogP contribution is -2.23. The Morgan fingerprint density at radius 1 is 1.14 bits per heavy atom. The number of hydrogen-bond donors (Lipinski definition) is 3. The molecule has 0 aliphatic rings. The zero-order valence-electron chi connectivity index (χ0n) is 16.7. The van der Waals surface area contributed by atoms with E-state index in [4.69, 9.17) is 20.9 Å². The Morgan fingerprint density at radius 3 is 2.45 bits per heavy atom. The third kappa shape index (κ3) is 6.81. The SMILES string of the molecule is CN=C/C=C(\N)C(C)N.COc1ccc2c(Oc3ccc(S)cc3)ccnc2c1. The molecule has 7 heteroatoms. The Bertz CT molecular complexity index is 986. The van der Waals surface area contributed by atoms with E-state index in [1.807, 2.05) is 55.5 Å². The molecule has 0 fully saturated rings. The van der Waals surface area contributed by atoms with Gasteiger partial charge in [0.1, 0.15) is 17.2 Å². The number of aromatic nitrogens is 1. The van der Waals surface area contributed by atoms with Gasteiger partial charge in [0, 0.05) is 47.5 Å². The second-order valence-electron chi connectivity index (χ2n) is 6.15. The van der Waals surface area contributed by atoms with Gasteiger partial charge >= 0.3 is 0 Å². The van der Waals surface area contributed by atoms with Crippen molar-refractivity contribution in [1.82, 2.24) is 4.98 Å². The number of ether oxygens (including phenoxy) is 2. The predicted molar refractivity (Wildman–Crippen MR) is 122 cm³/mol. The van der Waals surface area contributed by atoms with Crippen LogP contribution in [0.15, 0.2) is 76.4 Å². The van der Waals surface area contributed by atoms with E-state index in [2.05, 4.69) is 22.6 Å². The average molecular weight is 411 g/mol. The van der Waals surface area contributed by atoms with E-state index in [-0.39, 0.29) is 6.04 Å². The van der Waals surface area contributed by atoms with Crippen LogP contribution >= 0.6 is 12.6 Å². The number of allylic oxidation sites excluding steroid dienone is 1. The summed E-state index contributed by atoms with van der Waals surface area (Å²) >= 11 is 4.26. The third-order valence-corrected chi connectivity index (χ3v) is 4.21. The lowest BCUT2D eigenvalue weighted by Gasteiger charge is -2.09. The van der Waals surface area contributed by atoms with Crippen LogP contribution in [-0.2, 0) is 0 Å². The summed E-state index contributed by atoms with van der Waals surface area (Å²) in [5, 5.41) is 0.947. The van der Waals surface area contributed by atoms with Gasteiger partial charge in [0.15, 0.2) is 0 Å². The minimum Gasteiger partial charge on any atom is -0.497 e. The topological polar surface area (TPSA) is 95.8 Å². The number of thiol groups is 1. The van der Waals surface area contributed by atoms with Gasteiger partial charge in [-0.05, 0) is 55.5 Å². The number of nitrogens with zero attached hydrogens (tertiary/aromatic N) is 2. The molecule has 29 heavy (non-hydrogen) atoms. The highest BCUT2D eigenvalue weighted by Crippen LogP contribution is 2.30. The molecule has 0 saturated heterocycles. The maximum atomic E-state index is 5.91. The monoisotopic (exact) mass is 410 g/mol. The van der Waals surface area contributed by atoms with Crippen LogP contribution in [0.4, 0.5) is 0 Å². The molecule has 152 valence electrons. The summed E-state index contributed by atoms with van der Waals surface area (Å²) in [4.78, 5) is 8.96. The van der Waals surface area contributed by atoms with Gasteiger partial charge in [-0.2, -0.15) is 0 Å². The average Bonchev–Trinajstić information content (AvgIpc) is 2.73. The first-order chi connectivity index (χ1) is 13.9. The largest absolute Gasteiger partial charge is 0.497 e. The van der Waals surface area contributed by atoms with E-state index in [0.717, 1.165) is 33.0 Å². The summed E-state index contributed by atoms with van der Waals surface area (Å²) < 4.78 is 11.1. The third-order valence-electron chi connectivity index (χ3n) is 3.92. The molecule has 3 aromatic rings. The normalized spacial score (nSPS) is 12.4. The van der Waals surface area contributed by atoms with Gasteiger partial charge in [0.05, 0.1) is 12.6 Å². The van der Waals surface area contributed by atoms with Crippen LogP contribution in [0.3, 0.4) is 0 Å². The Balaban J connectivity index is 0.000000284. The number of benzene rings is 2. The Morgan fingerprint density at radius 2 is 1.83 bits per heavy atom. The number of aliphatic imine (C=N–C) groups is 1. The molecule has 3 rings (SSSR count). The summed E-state index contributed by atoms with van der Waals surface area (Å²) in [6.07, 6.45) is 5.05. The number of nitrogens with two attached hydrogens (primary N) is 2. The van der Waals surface area contributed by atoms with Crippen molar-refractivity contribution in [2.24, 2.45) is 16.5 Å². The van der Waals surface area contributed by atoms with Crippen LogP contribution in [0.5, 0.6) is 17.2 Å². The number of methoxy groups -OCH3 is 1. The van der Waals surface area contributed by atoms with Crippen molar-refractivity contribution < 1.29 is 9.47 Å². The molecule has 0 aliphatic heterocycles. The van der Waals surface area contributed by atoms with Crippen LogP contribution in [0, 0.1) is 0 Å². The first-order valence-electron chi connectivity index (χ1n) is 8.97. The molecule has 0 radical (unpaired) electrons. The van der Waals surface area contributed by atoms with Gasteiger partial charge in [-0.3, -0.25) is 9.98 Å². The zero-order valence-corrected chi connectivity index (χ0v) is 17.6. The van der Waals surface area contributed by atoms with Crippen LogP contribution < -0.4 is 20.9 Å². The molecular formula is C22H26N4O2S. The molecule has 1 unspecified atom stereocenters. The second-order valence-corrected chi connectivity index (χ2v) is 6.67. The molecule has 4 N–H and O–H groups in total. The van der Waals surface area contributed by atoms with E-state index in [9.17, 15) is 0 Å². The van der Waals surface area contributed by atoms with Crippen LogP contribution in [-0.4, -0.2) is 31.4 Å². The summed E-state index contributed by atoms with van der Waals surface area (Å²) in [6.45, 7) is 1.83. The predicted octanol–water partition coefficient (Wildman–Crippen LogP) is 4.20. The van der Waals surface area contributed by atoms with Crippen molar-refractivity contribution >= 4 is 29.7 Å². The Hall–Kier alpha value is -3.03. The molecule has 6 nitrogen and oxygen atoms in total. The minimum atomic E-state index is -0.0806. The van der Waals surface area contributed by atoms with Gasteiger partial charge in [-0.1, -0.05) is 0 Å². The molecule has 1 heterocycles. The molecule has 1 aromatic heterocycles. The number of fused-ring (bicyclic) bond motifs is 1. The first-order valence-corrected chi connectivity index (χ1v) is 9.42. The van der Waals surface area contributed by atoms with Crippen molar-refractivity contribution in [3.05, 3.63) is 66.5 Å². The van der Waals surface area contributed by atoms with Crippen molar-refractivity contribution in [2.45, 2.75) is 17.9 Å². The number of hydrogen-bond acceptors (Lipinski definition) is 7. The maximum Gasteiger partial charge on any atom is 0.138 e. The van der Waals surface area contributed by atoms with E-state index in [0.29, 0.717) is 5.70 Å². The fourth-order valence-electron chi connectivity index (χ4n) is 2.27. The molecule has 0 spiro atoms. The van der Waals surface area contributed by atoms with E-state index in [1.54, 1.807) is 32.6 Å². The molecule has 0 saturated carbocycles. The van der Waals surface area contributed by atoms with Crippen molar-refractivity contribution in [3.8, 4) is 17.2 Å². The van der Waals surface area contributed by atoms with Gasteiger partial charge in [0.25, 0.3) is 0 Å². The summed E-state index contributed by atoms with van der Waals surface area (Å²) in [5.74, 6) is 2.32. The second kappa shape index (κ2) is 11.1.